The molecule has 2 amide bonds. The number of rotatable bonds is 3. The average Bonchev–Trinajstić information content (AvgIpc) is 2.86. The lowest BCUT2D eigenvalue weighted by Crippen LogP contribution is -2.52. The highest BCUT2D eigenvalue weighted by molar-refractivity contribution is 6.31. The summed E-state index contributed by atoms with van der Waals surface area (Å²) in [5.74, 6) is 1.23. The molecule has 170 valence electrons. The molecule has 2 heterocycles. The number of benzene rings is 2. The zero-order chi connectivity index (χ0) is 22.9. The van der Waals surface area contributed by atoms with E-state index in [1.807, 2.05) is 42.5 Å². The molecule has 0 unspecified atom stereocenters. The molecule has 0 spiro atoms. The Morgan fingerprint density at radius 2 is 1.97 bits per heavy atom. The highest BCUT2D eigenvalue weighted by atomic mass is 35.5. The molecule has 0 aliphatic carbocycles. The first kappa shape index (κ1) is 22.3. The van der Waals surface area contributed by atoms with Crippen LogP contribution < -0.4 is 20.3 Å². The molecule has 0 radical (unpaired) electrons. The molecular formula is C24H28ClN3O4. The predicted octanol–water partition coefficient (Wildman–Crippen LogP) is 4.80. The molecule has 2 aliphatic heterocycles. The van der Waals surface area contributed by atoms with Gasteiger partial charge in [-0.25, -0.2) is 4.79 Å². The van der Waals surface area contributed by atoms with Gasteiger partial charge in [-0.3, -0.25) is 4.79 Å². The number of ether oxygens (including phenoxy) is 2. The number of anilines is 1. The van der Waals surface area contributed by atoms with Crippen LogP contribution in [0.2, 0.25) is 5.02 Å². The standard InChI is InChI=1S/C24H28ClN3O4/c1-24(2,3)32-23(30)26-14-21(29)27-17-8-6-12-28-18-13-15(25)10-11-20(18)31-19-9-5-4-7-16(19)22(17)28/h4-5,7,9-11,13,17,22H,6,8,12,14H2,1-3H3,(H,26,30)(H,27,29)/t17-,22-/m0/s1. The van der Waals surface area contributed by atoms with Gasteiger partial charge < -0.3 is 25.0 Å². The lowest BCUT2D eigenvalue weighted by molar-refractivity contribution is -0.121. The van der Waals surface area contributed by atoms with E-state index in [0.29, 0.717) is 5.02 Å². The Kier molecular flexibility index (Phi) is 6.20. The monoisotopic (exact) mass is 457 g/mol. The number of alkyl carbamates (subject to hydrolysis) is 1. The minimum absolute atomic E-state index is 0.120. The van der Waals surface area contributed by atoms with E-state index < -0.39 is 11.7 Å². The highest BCUT2D eigenvalue weighted by Gasteiger charge is 2.38. The van der Waals surface area contributed by atoms with Crippen molar-refractivity contribution in [1.29, 1.82) is 0 Å². The van der Waals surface area contributed by atoms with Crippen molar-refractivity contribution in [2.24, 2.45) is 0 Å². The number of fused-ring (bicyclic) bond motifs is 5. The number of carbonyl (C=O) groups excluding carboxylic acids is 2. The quantitative estimate of drug-likeness (QED) is 0.692. The molecule has 2 atom stereocenters. The van der Waals surface area contributed by atoms with E-state index in [0.717, 1.165) is 42.1 Å². The fraction of sp³-hybridized carbons (Fsp3) is 0.417. The average molecular weight is 458 g/mol. The Bertz CT molecular complexity index is 1020. The van der Waals surface area contributed by atoms with Gasteiger partial charge in [-0.15, -0.1) is 0 Å². The van der Waals surface area contributed by atoms with E-state index in [-0.39, 0.29) is 24.5 Å². The van der Waals surface area contributed by atoms with Gasteiger partial charge in [0.05, 0.1) is 17.8 Å². The van der Waals surface area contributed by atoms with E-state index in [9.17, 15) is 9.59 Å². The van der Waals surface area contributed by atoms with Gasteiger partial charge in [0.1, 0.15) is 17.9 Å². The molecular weight excluding hydrogens is 430 g/mol. The first-order valence-corrected chi connectivity index (χ1v) is 11.2. The highest BCUT2D eigenvalue weighted by Crippen LogP contribution is 2.48. The zero-order valence-corrected chi connectivity index (χ0v) is 19.2. The van der Waals surface area contributed by atoms with Crippen molar-refractivity contribution in [2.45, 2.75) is 51.3 Å². The van der Waals surface area contributed by atoms with Crippen LogP contribution in [0.25, 0.3) is 0 Å². The van der Waals surface area contributed by atoms with Gasteiger partial charge in [-0.05, 0) is 57.9 Å². The number of piperidine rings is 1. The lowest BCUT2D eigenvalue weighted by Gasteiger charge is -2.42. The Balaban J connectivity index is 1.56. The zero-order valence-electron chi connectivity index (χ0n) is 18.5. The number of hydrogen-bond acceptors (Lipinski definition) is 5. The fourth-order valence-corrected chi connectivity index (χ4v) is 4.43. The van der Waals surface area contributed by atoms with Crippen LogP contribution in [0.1, 0.15) is 45.2 Å². The van der Waals surface area contributed by atoms with Crippen LogP contribution in [0, 0.1) is 0 Å². The summed E-state index contributed by atoms with van der Waals surface area (Å²) in [5.41, 5.74) is 1.29. The molecule has 4 rings (SSSR count). The summed E-state index contributed by atoms with van der Waals surface area (Å²) in [4.78, 5) is 26.9. The number of amides is 2. The minimum atomic E-state index is -0.622. The van der Waals surface area contributed by atoms with Gasteiger partial charge in [-0.2, -0.15) is 0 Å². The molecule has 2 N–H and O–H groups in total. The smallest absolute Gasteiger partial charge is 0.408 e. The summed E-state index contributed by atoms with van der Waals surface area (Å²) in [7, 11) is 0. The molecule has 8 heteroatoms. The molecule has 1 fully saturated rings. The van der Waals surface area contributed by atoms with Crippen LogP contribution in [0.5, 0.6) is 11.5 Å². The molecule has 32 heavy (non-hydrogen) atoms. The fourth-order valence-electron chi connectivity index (χ4n) is 4.26. The maximum atomic E-state index is 12.7. The van der Waals surface area contributed by atoms with Crippen LogP contribution >= 0.6 is 11.6 Å². The van der Waals surface area contributed by atoms with E-state index in [1.165, 1.54) is 0 Å². The third-order valence-electron chi connectivity index (χ3n) is 5.46. The molecule has 0 bridgehead atoms. The second-order valence-corrected chi connectivity index (χ2v) is 9.50. The number of hydrogen-bond donors (Lipinski definition) is 2. The third-order valence-corrected chi connectivity index (χ3v) is 5.69. The Labute approximate surface area is 193 Å². The molecule has 0 saturated carbocycles. The predicted molar refractivity (Wildman–Crippen MR) is 123 cm³/mol. The van der Waals surface area contributed by atoms with E-state index in [2.05, 4.69) is 15.5 Å². The lowest BCUT2D eigenvalue weighted by atomic mass is 9.89. The van der Waals surface area contributed by atoms with Crippen LogP contribution in [0.4, 0.5) is 10.5 Å². The number of nitrogens with zero attached hydrogens (tertiary/aromatic N) is 1. The summed E-state index contributed by atoms with van der Waals surface area (Å²) in [6, 6.07) is 13.2. The molecule has 0 aromatic heterocycles. The molecule has 2 aromatic carbocycles. The van der Waals surface area contributed by atoms with Gasteiger partial charge >= 0.3 is 6.09 Å². The SMILES string of the molecule is CC(C)(C)OC(=O)NCC(=O)N[C@H]1CCCN2c3cc(Cl)ccc3Oc3ccccc3[C@@H]12. The van der Waals surface area contributed by atoms with Crippen molar-refractivity contribution in [1.82, 2.24) is 10.6 Å². The van der Waals surface area contributed by atoms with E-state index in [1.54, 1.807) is 20.8 Å². The van der Waals surface area contributed by atoms with Crippen LogP contribution in [0.3, 0.4) is 0 Å². The number of para-hydroxylation sites is 1. The van der Waals surface area contributed by atoms with Crippen molar-refractivity contribution in [3.63, 3.8) is 0 Å². The van der Waals surface area contributed by atoms with E-state index in [4.69, 9.17) is 21.1 Å². The van der Waals surface area contributed by atoms with Crippen molar-refractivity contribution < 1.29 is 19.1 Å². The third kappa shape index (κ3) is 4.93. The maximum Gasteiger partial charge on any atom is 0.408 e. The van der Waals surface area contributed by atoms with Crippen molar-refractivity contribution in [3.05, 3.63) is 53.1 Å². The van der Waals surface area contributed by atoms with Crippen LogP contribution in [-0.2, 0) is 9.53 Å². The van der Waals surface area contributed by atoms with Gasteiger partial charge in [0, 0.05) is 17.1 Å². The van der Waals surface area contributed by atoms with Gasteiger partial charge in [0.25, 0.3) is 0 Å². The summed E-state index contributed by atoms with van der Waals surface area (Å²) >= 11 is 6.31. The van der Waals surface area contributed by atoms with Crippen molar-refractivity contribution in [2.75, 3.05) is 18.0 Å². The Morgan fingerprint density at radius 3 is 2.75 bits per heavy atom. The summed E-state index contributed by atoms with van der Waals surface area (Å²) in [6.07, 6.45) is 1.09. The first-order valence-electron chi connectivity index (χ1n) is 10.8. The largest absolute Gasteiger partial charge is 0.455 e. The molecule has 7 nitrogen and oxygen atoms in total. The molecule has 2 aromatic rings. The minimum Gasteiger partial charge on any atom is -0.455 e. The van der Waals surface area contributed by atoms with Crippen molar-refractivity contribution in [3.8, 4) is 11.5 Å². The van der Waals surface area contributed by atoms with E-state index >= 15 is 0 Å². The van der Waals surface area contributed by atoms with Gasteiger partial charge in [0.15, 0.2) is 5.75 Å². The summed E-state index contributed by atoms with van der Waals surface area (Å²) < 4.78 is 11.5. The summed E-state index contributed by atoms with van der Waals surface area (Å²) in [6.45, 7) is 5.99. The summed E-state index contributed by atoms with van der Waals surface area (Å²) in [5, 5.41) is 6.27. The normalized spacial score (nSPS) is 19.4. The first-order chi connectivity index (χ1) is 15.2. The van der Waals surface area contributed by atoms with Crippen LogP contribution in [-0.4, -0.2) is 36.7 Å². The van der Waals surface area contributed by atoms with Gasteiger partial charge in [-0.1, -0.05) is 29.8 Å². The molecule has 2 aliphatic rings. The topological polar surface area (TPSA) is 79.9 Å². The van der Waals surface area contributed by atoms with Crippen molar-refractivity contribution >= 4 is 29.3 Å². The Hall–Kier alpha value is -2.93. The second-order valence-electron chi connectivity index (χ2n) is 9.06. The maximum absolute atomic E-state index is 12.7. The second kappa shape index (κ2) is 8.90. The van der Waals surface area contributed by atoms with Crippen LogP contribution in [0.15, 0.2) is 42.5 Å². The van der Waals surface area contributed by atoms with Gasteiger partial charge in [0.2, 0.25) is 5.91 Å². The number of carbonyl (C=O) groups is 2. The number of nitrogens with one attached hydrogen (secondary N) is 2. The molecule has 1 saturated heterocycles. The Morgan fingerprint density at radius 1 is 1.19 bits per heavy atom. The number of halogens is 1.